The standard InChI is InChI=1S/C21H20BrFN2O5S/c1-12(2)29-17-5-4-13(22)8-20(17)31(27,28)24-21(26)19-11-15-16(23)9-14(10-18(15)30-19)25-6-3-7-25/h4-5,8-12H,3,6-7H2,1-2H3,(H,24,26). The first kappa shape index (κ1) is 21.6. The molecule has 164 valence electrons. The van der Waals surface area contributed by atoms with Crippen LogP contribution in [0, 0.1) is 5.82 Å². The van der Waals surface area contributed by atoms with E-state index in [0.29, 0.717) is 10.2 Å². The molecule has 2 aromatic carbocycles. The van der Waals surface area contributed by atoms with Crippen LogP contribution in [0.5, 0.6) is 5.75 Å². The average Bonchev–Trinajstić information content (AvgIpc) is 3.06. The van der Waals surface area contributed by atoms with Crippen LogP contribution in [0.4, 0.5) is 10.1 Å². The molecule has 31 heavy (non-hydrogen) atoms. The Balaban J connectivity index is 1.64. The van der Waals surface area contributed by atoms with Crippen LogP contribution in [0.2, 0.25) is 0 Å². The van der Waals surface area contributed by atoms with Crippen molar-refractivity contribution in [2.75, 3.05) is 18.0 Å². The highest BCUT2D eigenvalue weighted by Gasteiger charge is 2.26. The largest absolute Gasteiger partial charge is 0.490 e. The summed E-state index contributed by atoms with van der Waals surface area (Å²) < 4.78 is 53.8. The molecule has 0 saturated carbocycles. The highest BCUT2D eigenvalue weighted by atomic mass is 79.9. The van der Waals surface area contributed by atoms with Gasteiger partial charge in [-0.15, -0.1) is 0 Å². The second kappa shape index (κ2) is 8.16. The van der Waals surface area contributed by atoms with Gasteiger partial charge >= 0.3 is 5.91 Å². The Hall–Kier alpha value is -2.59. The Morgan fingerprint density at radius 3 is 2.61 bits per heavy atom. The number of carbonyl (C=O) groups excluding carboxylic acids is 1. The monoisotopic (exact) mass is 510 g/mol. The second-order valence-electron chi connectivity index (χ2n) is 7.48. The van der Waals surface area contributed by atoms with Crippen LogP contribution >= 0.6 is 15.9 Å². The number of fused-ring (bicyclic) bond motifs is 1. The van der Waals surface area contributed by atoms with Crippen LogP contribution in [0.1, 0.15) is 30.8 Å². The number of anilines is 1. The highest BCUT2D eigenvalue weighted by molar-refractivity contribution is 9.10. The summed E-state index contributed by atoms with van der Waals surface area (Å²) in [5, 5.41) is 0.109. The van der Waals surface area contributed by atoms with E-state index in [1.54, 1.807) is 26.0 Å². The third-order valence-electron chi connectivity index (χ3n) is 4.80. The smallest absolute Gasteiger partial charge is 0.300 e. The number of amides is 1. The lowest BCUT2D eigenvalue weighted by Crippen LogP contribution is -2.36. The van der Waals surface area contributed by atoms with E-state index in [9.17, 15) is 17.6 Å². The Kier molecular flexibility index (Phi) is 5.69. The number of nitrogens with zero attached hydrogens (tertiary/aromatic N) is 1. The molecule has 4 rings (SSSR count). The van der Waals surface area contributed by atoms with Crippen molar-refractivity contribution in [2.45, 2.75) is 31.3 Å². The molecular weight excluding hydrogens is 491 g/mol. The van der Waals surface area contributed by atoms with E-state index in [0.717, 1.165) is 19.5 Å². The summed E-state index contributed by atoms with van der Waals surface area (Å²) >= 11 is 3.23. The zero-order chi connectivity index (χ0) is 22.3. The van der Waals surface area contributed by atoms with Gasteiger partial charge in [-0.05, 0) is 44.5 Å². The van der Waals surface area contributed by atoms with Crippen LogP contribution in [-0.2, 0) is 10.0 Å². The van der Waals surface area contributed by atoms with Gasteiger partial charge < -0.3 is 14.1 Å². The molecular formula is C21H20BrFN2O5S. The second-order valence-corrected chi connectivity index (χ2v) is 10.0. The molecule has 1 N–H and O–H groups in total. The maximum absolute atomic E-state index is 14.5. The number of benzene rings is 2. The summed E-state index contributed by atoms with van der Waals surface area (Å²) in [6.45, 7) is 5.16. The Labute approximate surface area is 187 Å². The van der Waals surface area contributed by atoms with Gasteiger partial charge in [0.2, 0.25) is 0 Å². The fraction of sp³-hybridized carbons (Fsp3) is 0.286. The Bertz CT molecular complexity index is 1270. The van der Waals surface area contributed by atoms with E-state index in [4.69, 9.17) is 9.15 Å². The molecule has 0 aliphatic carbocycles. The fourth-order valence-corrected chi connectivity index (χ4v) is 4.85. The molecule has 10 heteroatoms. The normalized spacial score (nSPS) is 14.0. The molecule has 1 aromatic heterocycles. The van der Waals surface area contributed by atoms with Gasteiger partial charge in [0.15, 0.2) is 5.76 Å². The minimum Gasteiger partial charge on any atom is -0.490 e. The fourth-order valence-electron chi connectivity index (χ4n) is 3.22. The van der Waals surface area contributed by atoms with E-state index in [2.05, 4.69) is 15.9 Å². The Morgan fingerprint density at radius 1 is 1.23 bits per heavy atom. The topological polar surface area (TPSA) is 88.8 Å². The lowest BCUT2D eigenvalue weighted by molar-refractivity contribution is 0.0956. The molecule has 0 atom stereocenters. The molecule has 2 heterocycles. The number of hydrogen-bond donors (Lipinski definition) is 1. The van der Waals surface area contributed by atoms with Crippen molar-refractivity contribution in [2.24, 2.45) is 0 Å². The zero-order valence-electron chi connectivity index (χ0n) is 16.8. The van der Waals surface area contributed by atoms with E-state index in [-0.39, 0.29) is 33.5 Å². The average molecular weight is 511 g/mol. The van der Waals surface area contributed by atoms with Crippen molar-refractivity contribution < 1.29 is 26.8 Å². The van der Waals surface area contributed by atoms with Gasteiger partial charge in [-0.1, -0.05) is 15.9 Å². The summed E-state index contributed by atoms with van der Waals surface area (Å²) in [4.78, 5) is 14.4. The SMILES string of the molecule is CC(C)Oc1ccc(Br)cc1S(=O)(=O)NC(=O)c1cc2c(F)cc(N3CCC3)cc2o1. The highest BCUT2D eigenvalue weighted by Crippen LogP contribution is 2.31. The number of sulfonamides is 1. The van der Waals surface area contributed by atoms with Gasteiger partial charge in [0, 0.05) is 35.4 Å². The van der Waals surface area contributed by atoms with Crippen molar-refractivity contribution in [3.8, 4) is 5.75 Å². The quantitative estimate of drug-likeness (QED) is 0.526. The van der Waals surface area contributed by atoms with Crippen LogP contribution in [0.15, 0.2) is 50.2 Å². The van der Waals surface area contributed by atoms with E-state index in [1.165, 1.54) is 24.3 Å². The minimum absolute atomic E-state index is 0.105. The van der Waals surface area contributed by atoms with E-state index >= 15 is 0 Å². The molecule has 3 aromatic rings. The maximum atomic E-state index is 14.5. The van der Waals surface area contributed by atoms with Crippen molar-refractivity contribution in [1.29, 1.82) is 0 Å². The summed E-state index contributed by atoms with van der Waals surface area (Å²) in [6.07, 6.45) is 0.756. The predicted molar refractivity (Wildman–Crippen MR) is 118 cm³/mol. The van der Waals surface area contributed by atoms with Crippen molar-refractivity contribution in [1.82, 2.24) is 4.72 Å². The van der Waals surface area contributed by atoms with Crippen LogP contribution in [0.3, 0.4) is 0 Å². The number of rotatable bonds is 6. The minimum atomic E-state index is -4.29. The number of ether oxygens (including phenoxy) is 1. The number of nitrogens with one attached hydrogen (secondary N) is 1. The molecule has 1 saturated heterocycles. The lowest BCUT2D eigenvalue weighted by Gasteiger charge is -2.33. The molecule has 1 aliphatic rings. The van der Waals surface area contributed by atoms with E-state index in [1.807, 2.05) is 9.62 Å². The maximum Gasteiger partial charge on any atom is 0.300 e. The van der Waals surface area contributed by atoms with Gasteiger partial charge in [0.05, 0.1) is 11.5 Å². The number of halogens is 2. The molecule has 1 aliphatic heterocycles. The molecule has 7 nitrogen and oxygen atoms in total. The summed E-state index contributed by atoms with van der Waals surface area (Å²) in [7, 11) is -4.29. The summed E-state index contributed by atoms with van der Waals surface area (Å²) in [6, 6.07) is 8.69. The van der Waals surface area contributed by atoms with Gasteiger partial charge in [-0.2, -0.15) is 0 Å². The molecule has 0 radical (unpaired) electrons. The number of furan rings is 1. The lowest BCUT2D eigenvalue weighted by atomic mass is 10.1. The number of hydrogen-bond acceptors (Lipinski definition) is 6. The van der Waals surface area contributed by atoms with Crippen LogP contribution < -0.4 is 14.4 Å². The van der Waals surface area contributed by atoms with Gasteiger partial charge in [-0.3, -0.25) is 4.79 Å². The Morgan fingerprint density at radius 2 is 1.97 bits per heavy atom. The van der Waals surface area contributed by atoms with E-state index < -0.39 is 21.7 Å². The predicted octanol–water partition coefficient (Wildman–Crippen LogP) is 4.45. The molecule has 1 fully saturated rings. The summed E-state index contributed by atoms with van der Waals surface area (Å²) in [5.74, 6) is -1.74. The van der Waals surface area contributed by atoms with Gasteiger partial charge in [0.25, 0.3) is 10.0 Å². The first-order chi connectivity index (χ1) is 14.6. The first-order valence-corrected chi connectivity index (χ1v) is 11.9. The van der Waals surface area contributed by atoms with Crippen LogP contribution in [0.25, 0.3) is 11.0 Å². The van der Waals surface area contributed by atoms with Crippen molar-refractivity contribution >= 4 is 48.5 Å². The third-order valence-corrected chi connectivity index (χ3v) is 6.65. The molecule has 0 spiro atoms. The number of carbonyl (C=O) groups is 1. The first-order valence-electron chi connectivity index (χ1n) is 9.65. The van der Waals surface area contributed by atoms with Crippen molar-refractivity contribution in [3.05, 3.63) is 52.4 Å². The molecule has 1 amide bonds. The third kappa shape index (κ3) is 4.40. The van der Waals surface area contributed by atoms with Gasteiger partial charge in [-0.25, -0.2) is 17.5 Å². The summed E-state index contributed by atoms with van der Waals surface area (Å²) in [5.41, 5.74) is 0.838. The zero-order valence-corrected chi connectivity index (χ0v) is 19.2. The van der Waals surface area contributed by atoms with Crippen LogP contribution in [-0.4, -0.2) is 33.5 Å². The van der Waals surface area contributed by atoms with Gasteiger partial charge in [0.1, 0.15) is 22.0 Å². The molecule has 0 unspecified atom stereocenters. The van der Waals surface area contributed by atoms with Crippen molar-refractivity contribution in [3.63, 3.8) is 0 Å². The molecule has 0 bridgehead atoms.